The lowest BCUT2D eigenvalue weighted by Gasteiger charge is -2.18. The van der Waals surface area contributed by atoms with E-state index < -0.39 is 5.41 Å². The standard InChI is InChI=1S/C13H16N2O4/c1-13(2)11(16)14-15(12(13)17)8-5-6-9(18-3)10(7-8)19-4/h5-7H,1-4H3,(H,14,16). The number of hydrogen-bond donors (Lipinski definition) is 1. The first-order valence-electron chi connectivity index (χ1n) is 5.79. The highest BCUT2D eigenvalue weighted by molar-refractivity contribution is 6.17. The van der Waals surface area contributed by atoms with Gasteiger partial charge < -0.3 is 9.47 Å². The zero-order valence-electron chi connectivity index (χ0n) is 11.3. The smallest absolute Gasteiger partial charge is 0.260 e. The van der Waals surface area contributed by atoms with E-state index in [9.17, 15) is 9.59 Å². The summed E-state index contributed by atoms with van der Waals surface area (Å²) in [4.78, 5) is 23.9. The average molecular weight is 264 g/mol. The lowest BCUT2D eigenvalue weighted by molar-refractivity contribution is -0.133. The van der Waals surface area contributed by atoms with Crippen LogP contribution >= 0.6 is 0 Å². The number of amides is 2. The van der Waals surface area contributed by atoms with Crippen molar-refractivity contribution in [3.63, 3.8) is 0 Å². The molecule has 0 aromatic heterocycles. The zero-order valence-corrected chi connectivity index (χ0v) is 11.3. The lowest BCUT2D eigenvalue weighted by Crippen LogP contribution is -2.36. The van der Waals surface area contributed by atoms with Crippen molar-refractivity contribution in [2.24, 2.45) is 5.41 Å². The van der Waals surface area contributed by atoms with Gasteiger partial charge in [-0.25, -0.2) is 5.01 Å². The summed E-state index contributed by atoms with van der Waals surface area (Å²) >= 11 is 0. The van der Waals surface area contributed by atoms with Crippen LogP contribution in [0.2, 0.25) is 0 Å². The van der Waals surface area contributed by atoms with Crippen LogP contribution in [-0.4, -0.2) is 26.0 Å². The number of carbonyl (C=O) groups excluding carboxylic acids is 2. The summed E-state index contributed by atoms with van der Waals surface area (Å²) in [6, 6.07) is 5.00. The van der Waals surface area contributed by atoms with Crippen molar-refractivity contribution in [3.05, 3.63) is 18.2 Å². The minimum atomic E-state index is -1.06. The molecule has 0 bridgehead atoms. The first-order chi connectivity index (χ1) is 8.91. The fraction of sp³-hybridized carbons (Fsp3) is 0.385. The van der Waals surface area contributed by atoms with Crippen LogP contribution in [0.4, 0.5) is 5.69 Å². The maximum absolute atomic E-state index is 12.2. The van der Waals surface area contributed by atoms with E-state index in [1.807, 2.05) is 0 Å². The molecular formula is C13H16N2O4. The Labute approximate surface area is 111 Å². The molecule has 1 aromatic rings. The Kier molecular flexibility index (Phi) is 3.09. The molecule has 6 nitrogen and oxygen atoms in total. The molecule has 1 heterocycles. The van der Waals surface area contributed by atoms with Gasteiger partial charge >= 0.3 is 0 Å². The van der Waals surface area contributed by atoms with Crippen molar-refractivity contribution in [2.75, 3.05) is 19.2 Å². The minimum Gasteiger partial charge on any atom is -0.493 e. The van der Waals surface area contributed by atoms with Crippen LogP contribution in [-0.2, 0) is 9.59 Å². The van der Waals surface area contributed by atoms with Gasteiger partial charge in [0.2, 0.25) is 0 Å². The molecule has 2 rings (SSSR count). The van der Waals surface area contributed by atoms with Gasteiger partial charge in [-0.05, 0) is 26.0 Å². The van der Waals surface area contributed by atoms with Gasteiger partial charge in [-0.2, -0.15) is 0 Å². The van der Waals surface area contributed by atoms with Crippen LogP contribution in [0.5, 0.6) is 11.5 Å². The summed E-state index contributed by atoms with van der Waals surface area (Å²) in [6.07, 6.45) is 0. The van der Waals surface area contributed by atoms with Gasteiger partial charge in [-0.15, -0.1) is 0 Å². The Morgan fingerprint density at radius 2 is 1.74 bits per heavy atom. The highest BCUT2D eigenvalue weighted by Gasteiger charge is 2.47. The van der Waals surface area contributed by atoms with E-state index >= 15 is 0 Å². The summed E-state index contributed by atoms with van der Waals surface area (Å²) in [6.45, 7) is 3.18. The number of hydrogen-bond acceptors (Lipinski definition) is 4. The monoisotopic (exact) mass is 264 g/mol. The number of ether oxygens (including phenoxy) is 2. The largest absolute Gasteiger partial charge is 0.493 e. The summed E-state index contributed by atoms with van der Waals surface area (Å²) < 4.78 is 10.3. The number of nitrogens with zero attached hydrogens (tertiary/aromatic N) is 1. The molecule has 1 aliphatic rings. The quantitative estimate of drug-likeness (QED) is 0.830. The molecule has 1 fully saturated rings. The van der Waals surface area contributed by atoms with Crippen LogP contribution in [0.3, 0.4) is 0 Å². The van der Waals surface area contributed by atoms with Crippen molar-refractivity contribution in [1.29, 1.82) is 0 Å². The summed E-state index contributed by atoms with van der Waals surface area (Å²) in [7, 11) is 3.04. The SMILES string of the molecule is COc1ccc(N2NC(=O)C(C)(C)C2=O)cc1OC. The molecule has 1 N–H and O–H groups in total. The molecule has 0 aliphatic carbocycles. The van der Waals surface area contributed by atoms with Crippen molar-refractivity contribution in [1.82, 2.24) is 5.43 Å². The van der Waals surface area contributed by atoms with E-state index in [1.165, 1.54) is 19.2 Å². The molecule has 0 radical (unpaired) electrons. The highest BCUT2D eigenvalue weighted by Crippen LogP contribution is 2.34. The fourth-order valence-corrected chi connectivity index (χ4v) is 1.81. The molecule has 1 aliphatic heterocycles. The normalized spacial score (nSPS) is 17.4. The van der Waals surface area contributed by atoms with Crippen molar-refractivity contribution in [3.8, 4) is 11.5 Å². The van der Waals surface area contributed by atoms with Crippen molar-refractivity contribution >= 4 is 17.5 Å². The first kappa shape index (κ1) is 13.2. The number of nitrogens with one attached hydrogen (secondary N) is 1. The minimum absolute atomic E-state index is 0.301. The summed E-state index contributed by atoms with van der Waals surface area (Å²) in [5.74, 6) is 0.423. The number of anilines is 1. The molecule has 0 unspecified atom stereocenters. The topological polar surface area (TPSA) is 67.9 Å². The van der Waals surface area contributed by atoms with Crippen molar-refractivity contribution in [2.45, 2.75) is 13.8 Å². The van der Waals surface area contributed by atoms with Gasteiger partial charge in [-0.1, -0.05) is 0 Å². The maximum Gasteiger partial charge on any atom is 0.260 e. The fourth-order valence-electron chi connectivity index (χ4n) is 1.81. The first-order valence-corrected chi connectivity index (χ1v) is 5.79. The van der Waals surface area contributed by atoms with Gasteiger partial charge in [0.15, 0.2) is 11.5 Å². The number of hydrazine groups is 1. The van der Waals surface area contributed by atoms with Crippen LogP contribution in [0, 0.1) is 5.41 Å². The third-order valence-corrected chi connectivity index (χ3v) is 3.14. The Balaban J connectivity index is 2.39. The van der Waals surface area contributed by atoms with Crippen molar-refractivity contribution < 1.29 is 19.1 Å². The average Bonchev–Trinajstić information content (AvgIpc) is 2.61. The van der Waals surface area contributed by atoms with E-state index in [0.29, 0.717) is 17.2 Å². The second kappa shape index (κ2) is 4.46. The van der Waals surface area contributed by atoms with Crippen LogP contribution in [0.15, 0.2) is 18.2 Å². The number of methoxy groups -OCH3 is 2. The molecule has 2 amide bonds. The van der Waals surface area contributed by atoms with Gasteiger partial charge in [0.25, 0.3) is 11.8 Å². The summed E-state index contributed by atoms with van der Waals surface area (Å²) in [5, 5.41) is 1.23. The van der Waals surface area contributed by atoms with E-state index in [-0.39, 0.29) is 11.8 Å². The summed E-state index contributed by atoms with van der Waals surface area (Å²) in [5.41, 5.74) is 2.01. The van der Waals surface area contributed by atoms with E-state index in [0.717, 1.165) is 0 Å². The Morgan fingerprint density at radius 1 is 1.11 bits per heavy atom. The predicted octanol–water partition coefficient (Wildman–Crippen LogP) is 1.11. The van der Waals surface area contributed by atoms with E-state index in [1.54, 1.807) is 32.0 Å². The number of rotatable bonds is 3. The van der Waals surface area contributed by atoms with E-state index in [2.05, 4.69) is 5.43 Å². The van der Waals surface area contributed by atoms with Gasteiger partial charge in [0, 0.05) is 6.07 Å². The lowest BCUT2D eigenvalue weighted by atomic mass is 9.93. The van der Waals surface area contributed by atoms with E-state index in [4.69, 9.17) is 9.47 Å². The molecule has 1 saturated heterocycles. The highest BCUT2D eigenvalue weighted by atomic mass is 16.5. The van der Waals surface area contributed by atoms with Gasteiger partial charge in [0.05, 0.1) is 19.9 Å². The van der Waals surface area contributed by atoms with Crippen LogP contribution in [0.1, 0.15) is 13.8 Å². The van der Waals surface area contributed by atoms with Gasteiger partial charge in [-0.3, -0.25) is 15.0 Å². The Hall–Kier alpha value is -2.24. The Morgan fingerprint density at radius 3 is 2.21 bits per heavy atom. The zero-order chi connectivity index (χ0) is 14.2. The van der Waals surface area contributed by atoms with Crippen LogP contribution in [0.25, 0.3) is 0 Å². The molecule has 19 heavy (non-hydrogen) atoms. The Bertz CT molecular complexity index is 539. The molecule has 1 aromatic carbocycles. The molecular weight excluding hydrogens is 248 g/mol. The molecule has 102 valence electrons. The number of benzene rings is 1. The van der Waals surface area contributed by atoms with Gasteiger partial charge in [0.1, 0.15) is 5.41 Å². The van der Waals surface area contributed by atoms with Crippen LogP contribution < -0.4 is 19.9 Å². The second-order valence-electron chi connectivity index (χ2n) is 4.75. The third kappa shape index (κ3) is 1.99. The third-order valence-electron chi connectivity index (χ3n) is 3.14. The number of carbonyl (C=O) groups is 2. The maximum atomic E-state index is 12.2. The second-order valence-corrected chi connectivity index (χ2v) is 4.75. The molecule has 0 spiro atoms. The molecule has 6 heteroatoms. The molecule has 0 atom stereocenters. The molecule has 0 saturated carbocycles. The predicted molar refractivity (Wildman–Crippen MR) is 69.0 cm³/mol.